The lowest BCUT2D eigenvalue weighted by Gasteiger charge is -2.30. The van der Waals surface area contributed by atoms with E-state index in [0.29, 0.717) is 19.1 Å². The molecule has 1 fully saturated rings. The Morgan fingerprint density at radius 2 is 2.50 bits per heavy atom. The Bertz CT molecular complexity index is 229. The summed E-state index contributed by atoms with van der Waals surface area (Å²) in [5.41, 5.74) is 0. The van der Waals surface area contributed by atoms with Crippen LogP contribution < -0.4 is 5.32 Å². The van der Waals surface area contributed by atoms with E-state index in [1.54, 1.807) is 0 Å². The number of hydrogen-bond acceptors (Lipinski definition) is 4. The van der Waals surface area contributed by atoms with Crippen molar-refractivity contribution >= 4 is 5.96 Å². The van der Waals surface area contributed by atoms with Gasteiger partial charge in [-0.2, -0.15) is 0 Å². The Labute approximate surface area is 85.0 Å². The second-order valence-corrected chi connectivity index (χ2v) is 4.10. The van der Waals surface area contributed by atoms with E-state index in [1.807, 2.05) is 0 Å². The molecule has 0 aromatic rings. The molecule has 0 spiro atoms. The summed E-state index contributed by atoms with van der Waals surface area (Å²) < 4.78 is 0. The molecule has 0 radical (unpaired) electrons. The van der Waals surface area contributed by atoms with Crippen molar-refractivity contribution in [2.45, 2.75) is 38.3 Å². The van der Waals surface area contributed by atoms with E-state index in [-0.39, 0.29) is 6.10 Å². The van der Waals surface area contributed by atoms with Crippen molar-refractivity contribution in [3.63, 3.8) is 0 Å². The van der Waals surface area contributed by atoms with Gasteiger partial charge in [-0.15, -0.1) is 0 Å². The first-order chi connectivity index (χ1) is 6.81. The highest BCUT2D eigenvalue weighted by Crippen LogP contribution is 2.20. The second-order valence-electron chi connectivity index (χ2n) is 4.10. The van der Waals surface area contributed by atoms with Crippen molar-refractivity contribution in [2.75, 3.05) is 19.6 Å². The van der Waals surface area contributed by atoms with E-state index in [1.165, 1.54) is 19.3 Å². The third-order valence-corrected chi connectivity index (χ3v) is 3.07. The van der Waals surface area contributed by atoms with E-state index in [2.05, 4.69) is 22.1 Å². The summed E-state index contributed by atoms with van der Waals surface area (Å²) in [5.74, 6) is 1.000. The van der Waals surface area contributed by atoms with Crippen LogP contribution in [0, 0.1) is 0 Å². The van der Waals surface area contributed by atoms with Gasteiger partial charge in [-0.1, -0.05) is 6.92 Å². The Hall–Kier alpha value is -0.770. The van der Waals surface area contributed by atoms with Crippen LogP contribution in [0.3, 0.4) is 0 Å². The predicted molar refractivity (Wildman–Crippen MR) is 56.3 cm³/mol. The van der Waals surface area contributed by atoms with Gasteiger partial charge < -0.3 is 15.3 Å². The molecule has 0 bridgehead atoms. The summed E-state index contributed by atoms with van der Waals surface area (Å²) >= 11 is 0. The van der Waals surface area contributed by atoms with Crippen LogP contribution in [0.5, 0.6) is 0 Å². The number of rotatable bonds is 1. The molecule has 0 aromatic heterocycles. The average Bonchev–Trinajstić information content (AvgIpc) is 2.67. The van der Waals surface area contributed by atoms with E-state index in [0.717, 1.165) is 12.5 Å². The molecule has 0 aliphatic carbocycles. The molecule has 0 amide bonds. The molecule has 4 heteroatoms. The van der Waals surface area contributed by atoms with Gasteiger partial charge in [-0.3, -0.25) is 4.99 Å². The zero-order valence-corrected chi connectivity index (χ0v) is 8.74. The first kappa shape index (κ1) is 9.77. The van der Waals surface area contributed by atoms with Crippen LogP contribution in [0.15, 0.2) is 4.99 Å². The van der Waals surface area contributed by atoms with Gasteiger partial charge in [0, 0.05) is 19.1 Å². The molecular formula is C10H19N3O. The maximum atomic E-state index is 9.30. The summed E-state index contributed by atoms with van der Waals surface area (Å²) in [7, 11) is 0. The third kappa shape index (κ3) is 1.85. The fourth-order valence-electron chi connectivity index (χ4n) is 2.25. The summed E-state index contributed by atoms with van der Waals surface area (Å²) in [6.45, 7) is 4.53. The van der Waals surface area contributed by atoms with Crippen LogP contribution in [0.25, 0.3) is 0 Å². The van der Waals surface area contributed by atoms with Crippen LogP contribution in [0.1, 0.15) is 26.2 Å². The van der Waals surface area contributed by atoms with Crippen molar-refractivity contribution in [3.8, 4) is 0 Å². The summed E-state index contributed by atoms with van der Waals surface area (Å²) in [6, 6.07) is 0.650. The quantitative estimate of drug-likeness (QED) is 0.630. The highest BCUT2D eigenvalue weighted by atomic mass is 16.3. The zero-order chi connectivity index (χ0) is 9.97. The number of likely N-dealkylation sites (tertiary alicyclic amines) is 1. The van der Waals surface area contributed by atoms with Crippen molar-refractivity contribution < 1.29 is 5.11 Å². The molecule has 0 saturated carbocycles. The summed E-state index contributed by atoms with van der Waals surface area (Å²) in [6.07, 6.45) is 3.42. The lowest BCUT2D eigenvalue weighted by Crippen LogP contribution is -2.49. The second kappa shape index (κ2) is 4.17. The normalized spacial score (nSPS) is 32.7. The number of guanidine groups is 1. The standard InChI is InChI=1S/C10H19N3O/c1-2-8-4-3-5-13(8)10-11-6-9(14)7-12-10/h8-9,14H,2-7H2,1H3,(H,11,12). The van der Waals surface area contributed by atoms with Gasteiger partial charge in [-0.05, 0) is 19.3 Å². The molecule has 2 N–H and O–H groups in total. The number of aliphatic imine (C=N–C) groups is 1. The molecular weight excluding hydrogens is 178 g/mol. The van der Waals surface area contributed by atoms with Gasteiger partial charge in [0.1, 0.15) is 0 Å². The average molecular weight is 197 g/mol. The number of β-amino-alcohol motifs (C(OH)–C–C–N with tert-alkyl or cyclic N) is 1. The SMILES string of the molecule is CCC1CCCN1C1=NCC(O)CN1. The molecule has 80 valence electrons. The lowest BCUT2D eigenvalue weighted by atomic mass is 10.2. The molecule has 4 nitrogen and oxygen atoms in total. The summed E-state index contributed by atoms with van der Waals surface area (Å²) in [5, 5.41) is 12.5. The highest BCUT2D eigenvalue weighted by Gasteiger charge is 2.27. The van der Waals surface area contributed by atoms with Gasteiger partial charge in [-0.25, -0.2) is 0 Å². The number of hydrogen-bond donors (Lipinski definition) is 2. The lowest BCUT2D eigenvalue weighted by molar-refractivity contribution is 0.176. The van der Waals surface area contributed by atoms with Crippen LogP contribution in [0.4, 0.5) is 0 Å². The monoisotopic (exact) mass is 197 g/mol. The van der Waals surface area contributed by atoms with Gasteiger partial charge in [0.2, 0.25) is 0 Å². The van der Waals surface area contributed by atoms with Crippen molar-refractivity contribution in [1.82, 2.24) is 10.2 Å². The largest absolute Gasteiger partial charge is 0.389 e. The fraction of sp³-hybridized carbons (Fsp3) is 0.900. The number of nitrogens with one attached hydrogen (secondary N) is 1. The van der Waals surface area contributed by atoms with Crippen LogP contribution >= 0.6 is 0 Å². The first-order valence-electron chi connectivity index (χ1n) is 5.54. The molecule has 2 atom stereocenters. The Kier molecular flexibility index (Phi) is 2.91. The highest BCUT2D eigenvalue weighted by molar-refractivity contribution is 5.81. The smallest absolute Gasteiger partial charge is 0.194 e. The minimum Gasteiger partial charge on any atom is -0.389 e. The molecule has 2 heterocycles. The molecule has 0 aromatic carbocycles. The topological polar surface area (TPSA) is 47.9 Å². The van der Waals surface area contributed by atoms with E-state index < -0.39 is 0 Å². The van der Waals surface area contributed by atoms with Gasteiger partial charge in [0.05, 0.1) is 12.6 Å². The van der Waals surface area contributed by atoms with Crippen LogP contribution in [-0.2, 0) is 0 Å². The van der Waals surface area contributed by atoms with Gasteiger partial charge in [0.25, 0.3) is 0 Å². The minimum absolute atomic E-state index is 0.304. The van der Waals surface area contributed by atoms with E-state index in [4.69, 9.17) is 0 Å². The number of aliphatic hydroxyl groups is 1. The molecule has 14 heavy (non-hydrogen) atoms. The number of nitrogens with zero attached hydrogens (tertiary/aromatic N) is 2. The minimum atomic E-state index is -0.304. The Morgan fingerprint density at radius 3 is 3.14 bits per heavy atom. The van der Waals surface area contributed by atoms with Gasteiger partial charge >= 0.3 is 0 Å². The first-order valence-corrected chi connectivity index (χ1v) is 5.54. The molecule has 2 aliphatic heterocycles. The zero-order valence-electron chi connectivity index (χ0n) is 8.74. The molecule has 2 rings (SSSR count). The van der Waals surface area contributed by atoms with Crippen molar-refractivity contribution in [3.05, 3.63) is 0 Å². The fourth-order valence-corrected chi connectivity index (χ4v) is 2.25. The van der Waals surface area contributed by atoms with Crippen LogP contribution in [0.2, 0.25) is 0 Å². The number of aliphatic hydroxyl groups excluding tert-OH is 1. The maximum Gasteiger partial charge on any atom is 0.194 e. The Balaban J connectivity index is 2.00. The molecule has 2 aliphatic rings. The van der Waals surface area contributed by atoms with E-state index in [9.17, 15) is 5.11 Å². The maximum absolute atomic E-state index is 9.30. The third-order valence-electron chi connectivity index (χ3n) is 3.07. The van der Waals surface area contributed by atoms with E-state index >= 15 is 0 Å². The van der Waals surface area contributed by atoms with Crippen molar-refractivity contribution in [1.29, 1.82) is 0 Å². The Morgan fingerprint density at radius 1 is 1.64 bits per heavy atom. The van der Waals surface area contributed by atoms with Gasteiger partial charge in [0.15, 0.2) is 5.96 Å². The molecule has 2 unspecified atom stereocenters. The molecule has 1 saturated heterocycles. The van der Waals surface area contributed by atoms with Crippen LogP contribution in [-0.4, -0.2) is 47.7 Å². The summed E-state index contributed by atoms with van der Waals surface area (Å²) in [4.78, 5) is 6.73. The predicted octanol–water partition coefficient (Wildman–Crippen LogP) is 0.181. The van der Waals surface area contributed by atoms with Crippen molar-refractivity contribution in [2.24, 2.45) is 4.99 Å².